The molecule has 6 rings (SSSR count). The molecule has 0 fully saturated rings. The fourth-order valence-electron chi connectivity index (χ4n) is 5.95. The van der Waals surface area contributed by atoms with Gasteiger partial charge in [-0.1, -0.05) is 77.9 Å². The molecule has 0 saturated heterocycles. The van der Waals surface area contributed by atoms with Crippen LogP contribution < -0.4 is 0 Å². The zero-order valence-electron chi connectivity index (χ0n) is 21.8. The molecule has 0 saturated carbocycles. The van der Waals surface area contributed by atoms with E-state index >= 15 is 0 Å². The van der Waals surface area contributed by atoms with Gasteiger partial charge in [-0.3, -0.25) is 0 Å². The van der Waals surface area contributed by atoms with Crippen molar-refractivity contribution < 1.29 is 0 Å². The minimum atomic E-state index is 0.960. The topological polar surface area (TPSA) is 24.7 Å². The van der Waals surface area contributed by atoms with Gasteiger partial charge in [0.05, 0.1) is 22.8 Å². The highest BCUT2D eigenvalue weighted by Crippen LogP contribution is 2.40. The highest BCUT2D eigenvalue weighted by Gasteiger charge is 2.30. The van der Waals surface area contributed by atoms with Crippen LogP contribution in [0.2, 0.25) is 0 Å². The predicted molar refractivity (Wildman–Crippen MR) is 155 cm³/mol. The van der Waals surface area contributed by atoms with E-state index < -0.39 is 0 Å². The summed E-state index contributed by atoms with van der Waals surface area (Å²) in [6.07, 6.45) is 0. The summed E-state index contributed by atoms with van der Waals surface area (Å²) in [5, 5.41) is 4.93. The van der Waals surface area contributed by atoms with Crippen LogP contribution in [0.1, 0.15) is 44.5 Å². The predicted octanol–water partition coefficient (Wildman–Crippen LogP) is 9.10. The number of hydrogen-bond acceptors (Lipinski definition) is 2. The van der Waals surface area contributed by atoms with E-state index in [-0.39, 0.29) is 0 Å². The fourth-order valence-corrected chi connectivity index (χ4v) is 5.95. The van der Waals surface area contributed by atoms with E-state index in [1.54, 1.807) is 0 Å². The second-order valence-corrected chi connectivity index (χ2v) is 10.3. The lowest BCUT2D eigenvalue weighted by Gasteiger charge is -2.12. The molecule has 0 aliphatic heterocycles. The van der Waals surface area contributed by atoms with Crippen molar-refractivity contribution in [3.8, 4) is 0 Å². The van der Waals surface area contributed by atoms with Crippen LogP contribution in [0, 0.1) is 41.5 Å². The Morgan fingerprint density at radius 2 is 1.03 bits per heavy atom. The van der Waals surface area contributed by atoms with Crippen LogP contribution in [0.15, 0.2) is 82.8 Å². The van der Waals surface area contributed by atoms with E-state index in [9.17, 15) is 0 Å². The third-order valence-corrected chi connectivity index (χ3v) is 7.32. The molecular weight excluding hydrogens is 436 g/mol. The van der Waals surface area contributed by atoms with Gasteiger partial charge in [0.1, 0.15) is 0 Å². The molecule has 5 aromatic rings. The summed E-state index contributed by atoms with van der Waals surface area (Å²) < 4.78 is 0. The van der Waals surface area contributed by atoms with E-state index in [4.69, 9.17) is 9.98 Å². The summed E-state index contributed by atoms with van der Waals surface area (Å²) in [4.78, 5) is 10.8. The molecule has 0 unspecified atom stereocenters. The average Bonchev–Trinajstić information content (AvgIpc) is 3.13. The van der Waals surface area contributed by atoms with E-state index in [2.05, 4.69) is 114 Å². The summed E-state index contributed by atoms with van der Waals surface area (Å²) in [7, 11) is 0. The number of rotatable bonds is 2. The molecule has 0 radical (unpaired) electrons. The molecule has 2 nitrogen and oxygen atoms in total. The maximum Gasteiger partial charge on any atom is 0.0985 e. The van der Waals surface area contributed by atoms with Crippen LogP contribution in [0.4, 0.5) is 11.4 Å². The minimum Gasteiger partial charge on any atom is -0.246 e. The summed E-state index contributed by atoms with van der Waals surface area (Å²) >= 11 is 0. The molecule has 1 aliphatic rings. The molecule has 0 amide bonds. The normalized spacial score (nSPS) is 15.1. The maximum absolute atomic E-state index is 5.43. The van der Waals surface area contributed by atoms with Crippen molar-refractivity contribution in [1.82, 2.24) is 0 Å². The van der Waals surface area contributed by atoms with Crippen LogP contribution in [0.5, 0.6) is 0 Å². The maximum atomic E-state index is 5.43. The molecule has 5 aromatic carbocycles. The third-order valence-electron chi connectivity index (χ3n) is 7.32. The lowest BCUT2D eigenvalue weighted by Crippen LogP contribution is -2.11. The molecule has 2 heteroatoms. The molecule has 0 aromatic heterocycles. The van der Waals surface area contributed by atoms with Gasteiger partial charge in [-0.25, -0.2) is 9.98 Å². The first-order valence-corrected chi connectivity index (χ1v) is 12.6. The quantitative estimate of drug-likeness (QED) is 0.232. The van der Waals surface area contributed by atoms with E-state index in [0.29, 0.717) is 0 Å². The van der Waals surface area contributed by atoms with E-state index in [1.807, 2.05) is 0 Å². The zero-order chi connectivity index (χ0) is 25.1. The Morgan fingerprint density at radius 1 is 0.500 bits per heavy atom. The molecule has 0 N–H and O–H groups in total. The first-order chi connectivity index (χ1) is 17.3. The number of aliphatic imine (C=N–C) groups is 2. The van der Waals surface area contributed by atoms with Gasteiger partial charge in [-0.15, -0.1) is 0 Å². The van der Waals surface area contributed by atoms with Gasteiger partial charge in [-0.05, 0) is 86.0 Å². The van der Waals surface area contributed by atoms with Gasteiger partial charge in [0.2, 0.25) is 0 Å². The first kappa shape index (κ1) is 22.4. The SMILES string of the molecule is Cc1cc(C)c(N=C2C(=Nc3c(C)cc(C)cc3C)c3c4ccccc4cc4cccc2c34)c(C)c1. The summed E-state index contributed by atoms with van der Waals surface area (Å²) in [5.41, 5.74) is 13.6. The van der Waals surface area contributed by atoms with Crippen LogP contribution in [-0.4, -0.2) is 11.4 Å². The Balaban J connectivity index is 1.75. The van der Waals surface area contributed by atoms with Crippen molar-refractivity contribution in [2.45, 2.75) is 41.5 Å². The first-order valence-electron chi connectivity index (χ1n) is 12.6. The lowest BCUT2D eigenvalue weighted by molar-refractivity contribution is 1.28. The number of fused-ring (bicyclic) bond motifs is 2. The van der Waals surface area contributed by atoms with Gasteiger partial charge >= 0.3 is 0 Å². The van der Waals surface area contributed by atoms with Crippen molar-refractivity contribution in [2.75, 3.05) is 0 Å². The summed E-state index contributed by atoms with van der Waals surface area (Å²) in [5.74, 6) is 0. The Morgan fingerprint density at radius 3 is 1.64 bits per heavy atom. The van der Waals surface area contributed by atoms with Gasteiger partial charge in [-0.2, -0.15) is 0 Å². The highest BCUT2D eigenvalue weighted by molar-refractivity contribution is 6.63. The second kappa shape index (κ2) is 8.27. The van der Waals surface area contributed by atoms with E-state index in [0.717, 1.165) is 28.4 Å². The molecule has 36 heavy (non-hydrogen) atoms. The highest BCUT2D eigenvalue weighted by atomic mass is 14.8. The van der Waals surface area contributed by atoms with Gasteiger partial charge in [0.25, 0.3) is 0 Å². The summed E-state index contributed by atoms with van der Waals surface area (Å²) in [6.45, 7) is 12.9. The Labute approximate surface area is 213 Å². The number of benzene rings is 5. The minimum absolute atomic E-state index is 0.960. The van der Waals surface area contributed by atoms with Crippen LogP contribution >= 0.6 is 0 Å². The summed E-state index contributed by atoms with van der Waals surface area (Å²) in [6, 6.07) is 26.4. The molecule has 0 spiro atoms. The van der Waals surface area contributed by atoms with Gasteiger partial charge in [0.15, 0.2) is 0 Å². The molecule has 0 atom stereocenters. The Bertz CT molecular complexity index is 1740. The van der Waals surface area contributed by atoms with Crippen molar-refractivity contribution in [1.29, 1.82) is 0 Å². The number of aryl methyl sites for hydroxylation is 6. The van der Waals surface area contributed by atoms with Crippen LogP contribution in [-0.2, 0) is 0 Å². The lowest BCUT2D eigenvalue weighted by atomic mass is 9.97. The Kier molecular flexibility index (Phi) is 5.15. The molecular formula is C34H30N2. The number of nitrogens with zero attached hydrogens (tertiary/aromatic N) is 2. The third kappa shape index (κ3) is 3.48. The molecule has 0 bridgehead atoms. The van der Waals surface area contributed by atoms with Crippen molar-refractivity contribution in [3.63, 3.8) is 0 Å². The Hall–Kier alpha value is -4.04. The second-order valence-electron chi connectivity index (χ2n) is 10.3. The largest absolute Gasteiger partial charge is 0.246 e. The average molecular weight is 467 g/mol. The number of hydrogen-bond donors (Lipinski definition) is 0. The van der Waals surface area contributed by atoms with Crippen molar-refractivity contribution in [2.24, 2.45) is 9.98 Å². The van der Waals surface area contributed by atoms with E-state index in [1.165, 1.54) is 60.5 Å². The van der Waals surface area contributed by atoms with Crippen molar-refractivity contribution >= 4 is 44.3 Å². The standard InChI is InChI=1S/C34H30N2/c1-19-14-21(3)31(22(4)15-19)35-33-28-13-9-11-26-18-25-10-7-8-12-27(25)30(29(26)28)34(33)36-32-23(5)16-20(2)17-24(32)6/h7-18H,1-6H3. The fraction of sp³-hybridized carbons (Fsp3) is 0.176. The van der Waals surface area contributed by atoms with Gasteiger partial charge in [0, 0.05) is 16.5 Å². The van der Waals surface area contributed by atoms with Crippen molar-refractivity contribution in [3.05, 3.63) is 117 Å². The zero-order valence-corrected chi connectivity index (χ0v) is 21.8. The molecule has 176 valence electrons. The van der Waals surface area contributed by atoms with Crippen LogP contribution in [0.3, 0.4) is 0 Å². The molecule has 0 heterocycles. The van der Waals surface area contributed by atoms with Crippen LogP contribution in [0.25, 0.3) is 21.5 Å². The molecule has 1 aliphatic carbocycles. The smallest absolute Gasteiger partial charge is 0.0985 e. The van der Waals surface area contributed by atoms with Gasteiger partial charge < -0.3 is 0 Å². The monoisotopic (exact) mass is 466 g/mol.